The third-order valence-electron chi connectivity index (χ3n) is 5.66. The first-order valence-corrected chi connectivity index (χ1v) is 11.1. The standard InChI is InChI=1S/C24H33F3N4O3/c1-22(2,3)13-23(4,5)29-21(32)16-12-20-28-15(11-19(24(25,26)27)31(20)30-16)14-8-9-17(33-6)18(10-14)34-7/h8-10,12,15,19,28H,11,13H2,1-7H3,(H,29,32). The number of nitrogens with zero attached hydrogens (tertiary/aromatic N) is 2. The van der Waals surface area contributed by atoms with Gasteiger partial charge in [-0.2, -0.15) is 18.3 Å². The van der Waals surface area contributed by atoms with Gasteiger partial charge in [0.15, 0.2) is 23.2 Å². The van der Waals surface area contributed by atoms with Crippen LogP contribution < -0.4 is 20.1 Å². The van der Waals surface area contributed by atoms with Gasteiger partial charge in [-0.05, 0) is 43.4 Å². The van der Waals surface area contributed by atoms with E-state index in [1.807, 2.05) is 13.8 Å². The van der Waals surface area contributed by atoms with Gasteiger partial charge in [0.1, 0.15) is 5.82 Å². The fraction of sp³-hybridized carbons (Fsp3) is 0.583. The zero-order valence-corrected chi connectivity index (χ0v) is 20.6. The number of nitrogens with one attached hydrogen (secondary N) is 2. The second kappa shape index (κ2) is 9.03. The van der Waals surface area contributed by atoms with Crippen molar-refractivity contribution in [2.75, 3.05) is 19.5 Å². The molecule has 7 nitrogen and oxygen atoms in total. The Morgan fingerprint density at radius 3 is 2.32 bits per heavy atom. The van der Waals surface area contributed by atoms with Crippen LogP contribution in [0.4, 0.5) is 19.0 Å². The second-order valence-electron chi connectivity index (χ2n) is 10.5. The average molecular weight is 483 g/mol. The van der Waals surface area contributed by atoms with Crippen LogP contribution in [-0.4, -0.2) is 41.6 Å². The number of fused-ring (bicyclic) bond motifs is 1. The van der Waals surface area contributed by atoms with E-state index < -0.39 is 29.7 Å². The molecule has 2 atom stereocenters. The van der Waals surface area contributed by atoms with Crippen LogP contribution in [0.15, 0.2) is 24.3 Å². The number of carbonyl (C=O) groups is 1. The minimum atomic E-state index is -4.54. The van der Waals surface area contributed by atoms with Crippen molar-refractivity contribution >= 4 is 11.7 Å². The van der Waals surface area contributed by atoms with E-state index in [4.69, 9.17) is 9.47 Å². The van der Waals surface area contributed by atoms with Crippen molar-refractivity contribution in [2.45, 2.75) is 71.3 Å². The predicted molar refractivity (Wildman–Crippen MR) is 123 cm³/mol. The van der Waals surface area contributed by atoms with Crippen LogP contribution in [-0.2, 0) is 0 Å². The number of aromatic nitrogens is 2. The molecule has 1 aromatic heterocycles. The summed E-state index contributed by atoms with van der Waals surface area (Å²) in [7, 11) is 2.96. The summed E-state index contributed by atoms with van der Waals surface area (Å²) < 4.78 is 53.4. The van der Waals surface area contributed by atoms with Gasteiger partial charge in [0.05, 0.1) is 20.3 Å². The average Bonchev–Trinajstić information content (AvgIpc) is 3.13. The first-order chi connectivity index (χ1) is 15.6. The fourth-order valence-electron chi connectivity index (χ4n) is 4.71. The first-order valence-electron chi connectivity index (χ1n) is 11.1. The summed E-state index contributed by atoms with van der Waals surface area (Å²) >= 11 is 0. The van der Waals surface area contributed by atoms with Crippen LogP contribution in [0.3, 0.4) is 0 Å². The molecule has 0 radical (unpaired) electrons. The van der Waals surface area contributed by atoms with Crippen molar-refractivity contribution in [3.63, 3.8) is 0 Å². The van der Waals surface area contributed by atoms with E-state index in [9.17, 15) is 18.0 Å². The highest BCUT2D eigenvalue weighted by atomic mass is 19.4. The molecule has 10 heteroatoms. The number of rotatable bonds is 6. The van der Waals surface area contributed by atoms with Crippen LogP contribution in [0.1, 0.15) is 75.6 Å². The van der Waals surface area contributed by atoms with Crippen molar-refractivity contribution in [3.05, 3.63) is 35.5 Å². The number of ether oxygens (including phenoxy) is 2. The summed E-state index contributed by atoms with van der Waals surface area (Å²) in [6.07, 6.45) is -4.15. The Morgan fingerprint density at radius 2 is 1.76 bits per heavy atom. The van der Waals surface area contributed by atoms with Gasteiger partial charge in [-0.25, -0.2) is 4.68 Å². The minimum absolute atomic E-state index is 0.0419. The zero-order valence-electron chi connectivity index (χ0n) is 20.6. The van der Waals surface area contributed by atoms with Crippen LogP contribution in [0.25, 0.3) is 0 Å². The number of hydrogen-bond acceptors (Lipinski definition) is 5. The molecule has 3 rings (SSSR count). The number of carbonyl (C=O) groups excluding carboxylic acids is 1. The largest absolute Gasteiger partial charge is 0.493 e. The van der Waals surface area contributed by atoms with E-state index in [1.165, 1.54) is 20.3 Å². The Kier molecular flexibility index (Phi) is 6.83. The molecule has 0 saturated heterocycles. The lowest BCUT2D eigenvalue weighted by molar-refractivity contribution is -0.173. The number of hydrogen-bond donors (Lipinski definition) is 2. The van der Waals surface area contributed by atoms with E-state index in [1.54, 1.807) is 18.2 Å². The van der Waals surface area contributed by atoms with Gasteiger partial charge in [0.25, 0.3) is 5.91 Å². The monoisotopic (exact) mass is 482 g/mol. The van der Waals surface area contributed by atoms with E-state index >= 15 is 0 Å². The van der Waals surface area contributed by atoms with E-state index in [0.717, 1.165) is 4.68 Å². The van der Waals surface area contributed by atoms with E-state index in [0.29, 0.717) is 23.5 Å². The lowest BCUT2D eigenvalue weighted by Crippen LogP contribution is -2.46. The summed E-state index contributed by atoms with van der Waals surface area (Å²) in [5.41, 5.74) is -0.0541. The van der Waals surface area contributed by atoms with Gasteiger partial charge in [-0.1, -0.05) is 26.8 Å². The van der Waals surface area contributed by atoms with E-state index in [2.05, 4.69) is 36.5 Å². The summed E-state index contributed by atoms with van der Waals surface area (Å²) in [5.74, 6) is 0.524. The number of methoxy groups -OCH3 is 2. The minimum Gasteiger partial charge on any atom is -0.493 e. The maximum atomic E-state index is 14.0. The molecular weight excluding hydrogens is 449 g/mol. The van der Waals surface area contributed by atoms with Gasteiger partial charge in [-0.15, -0.1) is 0 Å². The van der Waals surface area contributed by atoms with Crippen molar-refractivity contribution in [3.8, 4) is 11.5 Å². The molecule has 1 aromatic carbocycles. The summed E-state index contributed by atoms with van der Waals surface area (Å²) in [6.45, 7) is 9.94. The Morgan fingerprint density at radius 1 is 1.12 bits per heavy atom. The number of benzene rings is 1. The number of amides is 1. The SMILES string of the molecule is COc1ccc(C2CC(C(F)(F)F)n3nc(C(=O)NC(C)(C)CC(C)(C)C)cc3N2)cc1OC. The summed E-state index contributed by atoms with van der Waals surface area (Å²) in [4.78, 5) is 12.9. The number of halogens is 3. The summed E-state index contributed by atoms with van der Waals surface area (Å²) in [5, 5.41) is 10.1. The molecule has 1 aliphatic rings. The van der Waals surface area contributed by atoms with Gasteiger partial charge < -0.3 is 20.1 Å². The highest BCUT2D eigenvalue weighted by Crippen LogP contribution is 2.44. The van der Waals surface area contributed by atoms with Crippen LogP contribution in [0, 0.1) is 5.41 Å². The Labute approximate surface area is 198 Å². The molecule has 188 valence electrons. The van der Waals surface area contributed by atoms with Crippen molar-refractivity contribution in [1.29, 1.82) is 0 Å². The molecule has 1 aliphatic heterocycles. The van der Waals surface area contributed by atoms with Crippen molar-refractivity contribution < 1.29 is 27.4 Å². The number of alkyl halides is 3. The lowest BCUT2D eigenvalue weighted by atomic mass is 9.82. The normalized spacial score (nSPS) is 18.6. The highest BCUT2D eigenvalue weighted by Gasteiger charge is 2.47. The highest BCUT2D eigenvalue weighted by molar-refractivity contribution is 5.93. The molecule has 0 aliphatic carbocycles. The molecule has 2 aromatic rings. The third kappa shape index (κ3) is 5.77. The van der Waals surface area contributed by atoms with Gasteiger partial charge >= 0.3 is 6.18 Å². The smallest absolute Gasteiger partial charge is 0.410 e. The molecule has 0 saturated carbocycles. The predicted octanol–water partition coefficient (Wildman–Crippen LogP) is 5.51. The molecular formula is C24H33F3N4O3. The third-order valence-corrected chi connectivity index (χ3v) is 5.66. The Bertz CT molecular complexity index is 1040. The van der Waals surface area contributed by atoms with Gasteiger partial charge in [0, 0.05) is 18.0 Å². The molecule has 0 fully saturated rings. The lowest BCUT2D eigenvalue weighted by Gasteiger charge is -2.33. The fourth-order valence-corrected chi connectivity index (χ4v) is 4.71. The summed E-state index contributed by atoms with van der Waals surface area (Å²) in [6, 6.07) is 3.82. The topological polar surface area (TPSA) is 77.4 Å². The zero-order chi connectivity index (χ0) is 25.5. The Hall–Kier alpha value is -2.91. The quantitative estimate of drug-likeness (QED) is 0.568. The molecule has 2 N–H and O–H groups in total. The van der Waals surface area contributed by atoms with E-state index in [-0.39, 0.29) is 23.3 Å². The maximum absolute atomic E-state index is 14.0. The molecule has 34 heavy (non-hydrogen) atoms. The molecule has 2 unspecified atom stereocenters. The van der Waals surface area contributed by atoms with Gasteiger partial charge in [-0.3, -0.25) is 4.79 Å². The van der Waals surface area contributed by atoms with Crippen LogP contribution in [0.5, 0.6) is 11.5 Å². The molecule has 2 heterocycles. The first kappa shape index (κ1) is 25.7. The van der Waals surface area contributed by atoms with Crippen LogP contribution >= 0.6 is 0 Å². The molecule has 1 amide bonds. The number of anilines is 1. The van der Waals surface area contributed by atoms with Crippen molar-refractivity contribution in [1.82, 2.24) is 15.1 Å². The Balaban J connectivity index is 1.92. The second-order valence-corrected chi connectivity index (χ2v) is 10.5. The molecule has 0 bridgehead atoms. The van der Waals surface area contributed by atoms with Crippen molar-refractivity contribution in [2.24, 2.45) is 5.41 Å². The maximum Gasteiger partial charge on any atom is 0.410 e. The van der Waals surface area contributed by atoms with Gasteiger partial charge in [0.2, 0.25) is 0 Å². The van der Waals surface area contributed by atoms with Crippen LogP contribution in [0.2, 0.25) is 0 Å². The molecule has 0 spiro atoms.